The summed E-state index contributed by atoms with van der Waals surface area (Å²) >= 11 is 3.65. The molecule has 148 valence electrons. The Labute approximate surface area is 171 Å². The van der Waals surface area contributed by atoms with Gasteiger partial charge in [0.15, 0.2) is 8.32 Å². The number of hydrogen-bond donors (Lipinski definition) is 0. The first-order valence-electron chi connectivity index (χ1n) is 10.7. The van der Waals surface area contributed by atoms with Crippen LogP contribution in [0.25, 0.3) is 0 Å². The second-order valence-electron chi connectivity index (χ2n) is 10.8. The van der Waals surface area contributed by atoms with Gasteiger partial charge in [-0.15, -0.1) is 0 Å². The van der Waals surface area contributed by atoms with E-state index in [2.05, 4.69) is 73.5 Å². The highest BCUT2D eigenvalue weighted by Crippen LogP contribution is 2.60. The molecule has 1 unspecified atom stereocenters. The third kappa shape index (κ3) is 4.25. The molecule has 3 rings (SSSR count). The fraction of sp³-hybridized carbons (Fsp3) is 0.826. The fourth-order valence-corrected chi connectivity index (χ4v) is 8.82. The van der Waals surface area contributed by atoms with Crippen molar-refractivity contribution in [2.24, 2.45) is 29.1 Å². The molecule has 6 atom stereocenters. The van der Waals surface area contributed by atoms with Gasteiger partial charge in [0, 0.05) is 0 Å². The minimum atomic E-state index is -1.50. The molecule has 0 aromatic carbocycles. The Bertz CT molecular complexity index is 577. The zero-order valence-corrected chi connectivity index (χ0v) is 20.4. The second kappa shape index (κ2) is 7.52. The van der Waals surface area contributed by atoms with Gasteiger partial charge in [-0.3, -0.25) is 0 Å². The van der Waals surface area contributed by atoms with Crippen LogP contribution in [0, 0.1) is 29.1 Å². The van der Waals surface area contributed by atoms with Crippen molar-refractivity contribution in [1.82, 2.24) is 0 Å². The monoisotopic (exact) mass is 438 g/mol. The van der Waals surface area contributed by atoms with Crippen LogP contribution < -0.4 is 0 Å². The topological polar surface area (TPSA) is 9.23 Å². The summed E-state index contributed by atoms with van der Waals surface area (Å²) in [6.45, 7) is 14.4. The molecule has 0 aromatic heterocycles. The van der Waals surface area contributed by atoms with Crippen molar-refractivity contribution < 1.29 is 4.43 Å². The van der Waals surface area contributed by atoms with E-state index < -0.39 is 8.32 Å². The quantitative estimate of drug-likeness (QED) is 0.315. The normalized spacial score (nSPS) is 43.0. The highest BCUT2D eigenvalue weighted by Gasteiger charge is 2.51. The smallest absolute Gasteiger partial charge is 0.184 e. The van der Waals surface area contributed by atoms with E-state index in [0.29, 0.717) is 11.3 Å². The molecule has 3 heteroatoms. The van der Waals surface area contributed by atoms with Crippen LogP contribution in [0.4, 0.5) is 0 Å². The van der Waals surface area contributed by atoms with E-state index in [4.69, 9.17) is 4.43 Å². The molecule has 0 bridgehead atoms. The average Bonchev–Trinajstić information content (AvgIpc) is 3.04. The van der Waals surface area contributed by atoms with Gasteiger partial charge in [0.2, 0.25) is 0 Å². The third-order valence-electron chi connectivity index (χ3n) is 7.47. The first kappa shape index (κ1) is 20.9. The maximum atomic E-state index is 6.50. The van der Waals surface area contributed by atoms with Gasteiger partial charge in [-0.2, -0.15) is 0 Å². The van der Waals surface area contributed by atoms with E-state index in [-0.39, 0.29) is 5.60 Å². The lowest BCUT2D eigenvalue weighted by Crippen LogP contribution is -2.39. The van der Waals surface area contributed by atoms with Crippen molar-refractivity contribution in [2.75, 3.05) is 0 Å². The summed E-state index contributed by atoms with van der Waals surface area (Å²) in [5.41, 5.74) is 2.19. The van der Waals surface area contributed by atoms with Crippen LogP contribution in [-0.2, 0) is 4.43 Å². The molecule has 0 heterocycles. The maximum Gasteiger partial charge on any atom is 0.184 e. The SMILES string of the molecule is C[C@H](C[C@@H]1C=C[C@](C)(O[Si](C)(C)C)C1)[C@H]1CCC2C(=CBr)CCC[C@]21C. The number of fused-ring (bicyclic) bond motifs is 1. The van der Waals surface area contributed by atoms with E-state index >= 15 is 0 Å². The summed E-state index contributed by atoms with van der Waals surface area (Å²) in [4.78, 5) is 2.25. The molecule has 0 N–H and O–H groups in total. The zero-order valence-electron chi connectivity index (χ0n) is 17.8. The van der Waals surface area contributed by atoms with E-state index in [1.54, 1.807) is 5.57 Å². The van der Waals surface area contributed by atoms with Crippen molar-refractivity contribution in [3.8, 4) is 0 Å². The van der Waals surface area contributed by atoms with E-state index in [0.717, 1.165) is 17.8 Å². The molecule has 0 spiro atoms. The van der Waals surface area contributed by atoms with Crippen molar-refractivity contribution in [3.63, 3.8) is 0 Å². The fourth-order valence-electron chi connectivity index (χ4n) is 6.72. The van der Waals surface area contributed by atoms with E-state index in [1.165, 1.54) is 44.9 Å². The standard InChI is InChI=1S/C23H39BrOSi/c1-17(14-18-11-13-22(2,15-18)25-26(4,5)6)20-9-10-21-19(16-24)8-7-12-23(20,21)3/h11,13,16-18,20-21H,7-10,12,14-15H2,1-6H3/t17-,18+,20-,21?,22+,23+/m1/s1. The molecule has 0 amide bonds. The Morgan fingerprint density at radius 2 is 2.04 bits per heavy atom. The Hall–Kier alpha value is 0.137. The number of rotatable bonds is 5. The second-order valence-corrected chi connectivity index (χ2v) is 15.7. The minimum absolute atomic E-state index is 0.0202. The Morgan fingerprint density at radius 3 is 2.69 bits per heavy atom. The van der Waals surface area contributed by atoms with E-state index in [1.807, 2.05) is 0 Å². The predicted molar refractivity (Wildman–Crippen MR) is 119 cm³/mol. The first-order valence-corrected chi connectivity index (χ1v) is 15.1. The van der Waals surface area contributed by atoms with Gasteiger partial charge in [-0.1, -0.05) is 47.5 Å². The molecule has 2 saturated carbocycles. The van der Waals surface area contributed by atoms with Crippen molar-refractivity contribution in [1.29, 1.82) is 0 Å². The highest BCUT2D eigenvalue weighted by atomic mass is 79.9. The van der Waals surface area contributed by atoms with Crippen LogP contribution in [0.15, 0.2) is 22.7 Å². The van der Waals surface area contributed by atoms with Crippen molar-refractivity contribution >= 4 is 24.2 Å². The molecule has 0 aliphatic heterocycles. The molecule has 0 aromatic rings. The van der Waals surface area contributed by atoms with Gasteiger partial charge in [0.25, 0.3) is 0 Å². The summed E-state index contributed by atoms with van der Waals surface area (Å²) in [7, 11) is -1.50. The van der Waals surface area contributed by atoms with Gasteiger partial charge in [0.1, 0.15) is 0 Å². The summed E-state index contributed by atoms with van der Waals surface area (Å²) in [5, 5.41) is 0. The predicted octanol–water partition coefficient (Wildman–Crippen LogP) is 7.69. The summed E-state index contributed by atoms with van der Waals surface area (Å²) < 4.78 is 6.50. The highest BCUT2D eigenvalue weighted by molar-refractivity contribution is 9.11. The number of hydrogen-bond acceptors (Lipinski definition) is 1. The zero-order chi connectivity index (χ0) is 19.2. The molecule has 3 aliphatic carbocycles. The molecule has 26 heavy (non-hydrogen) atoms. The van der Waals surface area contributed by atoms with Crippen LogP contribution >= 0.6 is 15.9 Å². The van der Waals surface area contributed by atoms with Crippen molar-refractivity contribution in [3.05, 3.63) is 22.7 Å². The van der Waals surface area contributed by atoms with Crippen LogP contribution in [0.1, 0.15) is 65.7 Å². The summed E-state index contributed by atoms with van der Waals surface area (Å²) in [5.74, 6) is 3.21. The largest absolute Gasteiger partial charge is 0.409 e. The molecular formula is C23H39BrOSi. The lowest BCUT2D eigenvalue weighted by Gasteiger charge is -2.44. The number of allylic oxidation sites excluding steroid dienone is 2. The van der Waals surface area contributed by atoms with Crippen LogP contribution in [0.2, 0.25) is 19.6 Å². The minimum Gasteiger partial charge on any atom is -0.409 e. The lowest BCUT2D eigenvalue weighted by atomic mass is 9.61. The van der Waals surface area contributed by atoms with Gasteiger partial charge in [-0.25, -0.2) is 0 Å². The van der Waals surface area contributed by atoms with Crippen LogP contribution in [0.3, 0.4) is 0 Å². The first-order chi connectivity index (χ1) is 12.1. The summed E-state index contributed by atoms with van der Waals surface area (Å²) in [6.07, 6.45) is 14.3. The third-order valence-corrected chi connectivity index (χ3v) is 9.13. The molecule has 1 nitrogen and oxygen atoms in total. The summed E-state index contributed by atoms with van der Waals surface area (Å²) in [6, 6.07) is 0. The van der Waals surface area contributed by atoms with Crippen LogP contribution in [0.5, 0.6) is 0 Å². The Balaban J connectivity index is 1.63. The average molecular weight is 440 g/mol. The number of halogens is 1. The Morgan fingerprint density at radius 1 is 1.31 bits per heavy atom. The van der Waals surface area contributed by atoms with Gasteiger partial charge in [0.05, 0.1) is 5.60 Å². The lowest BCUT2D eigenvalue weighted by molar-refractivity contribution is 0.0811. The van der Waals surface area contributed by atoms with Crippen molar-refractivity contribution in [2.45, 2.75) is 91.0 Å². The molecule has 0 radical (unpaired) electrons. The van der Waals surface area contributed by atoms with E-state index in [9.17, 15) is 0 Å². The van der Waals surface area contributed by atoms with Crippen LogP contribution in [-0.4, -0.2) is 13.9 Å². The molecule has 2 fully saturated rings. The Kier molecular flexibility index (Phi) is 6.03. The molecule has 0 saturated heterocycles. The van der Waals surface area contributed by atoms with Gasteiger partial charge in [-0.05, 0) is 106 Å². The maximum absolute atomic E-state index is 6.50. The van der Waals surface area contributed by atoms with Gasteiger partial charge >= 0.3 is 0 Å². The molecule has 3 aliphatic rings. The van der Waals surface area contributed by atoms with Gasteiger partial charge < -0.3 is 4.43 Å². The molecular weight excluding hydrogens is 400 g/mol.